The number of ether oxygens (including phenoxy) is 2. The van der Waals surface area contributed by atoms with Gasteiger partial charge in [-0.1, -0.05) is 0 Å². The second kappa shape index (κ2) is 4.46. The summed E-state index contributed by atoms with van der Waals surface area (Å²) in [5, 5.41) is 3.17. The summed E-state index contributed by atoms with van der Waals surface area (Å²) in [6.45, 7) is 6.50. The number of fused-ring (bicyclic) bond motifs is 1. The lowest BCUT2D eigenvalue weighted by molar-refractivity contribution is -0.149. The zero-order valence-corrected chi connectivity index (χ0v) is 11.9. The number of hydrogen-bond donors (Lipinski definition) is 3. The van der Waals surface area contributed by atoms with Crippen LogP contribution in [0.5, 0.6) is 0 Å². The quantitative estimate of drug-likeness (QED) is 0.691. The molecule has 2 aliphatic rings. The van der Waals surface area contributed by atoms with Crippen LogP contribution in [-0.4, -0.2) is 34.5 Å². The van der Waals surface area contributed by atoms with Crippen LogP contribution in [0.3, 0.4) is 0 Å². The van der Waals surface area contributed by atoms with Gasteiger partial charge in [-0.15, -0.1) is 0 Å². The number of anilines is 2. The lowest BCUT2D eigenvalue weighted by Gasteiger charge is -2.30. The molecule has 0 unspecified atom stereocenters. The van der Waals surface area contributed by atoms with E-state index in [1.165, 1.54) is 0 Å². The molecule has 3 atom stereocenters. The van der Waals surface area contributed by atoms with Crippen LogP contribution in [0.15, 0.2) is 4.79 Å². The Hall–Kier alpha value is -1.60. The van der Waals surface area contributed by atoms with E-state index < -0.39 is 5.79 Å². The molecule has 0 radical (unpaired) electrons. The Morgan fingerprint density at radius 1 is 1.40 bits per heavy atom. The first-order valence-electron chi connectivity index (χ1n) is 6.84. The Balaban J connectivity index is 1.84. The number of aromatic nitrogens is 2. The summed E-state index contributed by atoms with van der Waals surface area (Å²) in [6, 6.07) is 0. The fourth-order valence-corrected chi connectivity index (χ4v) is 3.09. The predicted octanol–water partition coefficient (Wildman–Crippen LogP) is 0.476. The molecule has 1 saturated heterocycles. The number of nitrogens with zero attached hydrogens (tertiary/aromatic N) is 1. The molecule has 7 heteroatoms. The molecule has 3 heterocycles. The molecule has 0 aromatic carbocycles. The van der Waals surface area contributed by atoms with Crippen molar-refractivity contribution < 1.29 is 9.47 Å². The summed E-state index contributed by atoms with van der Waals surface area (Å²) in [6.07, 6.45) is 0.570. The second-order valence-electron chi connectivity index (χ2n) is 5.93. The number of nitrogens with two attached hydrogens (primary N) is 1. The van der Waals surface area contributed by atoms with Crippen LogP contribution in [0, 0.1) is 5.92 Å². The highest BCUT2D eigenvalue weighted by Gasteiger charge is 2.44. The molecule has 2 aliphatic heterocycles. The van der Waals surface area contributed by atoms with Crippen LogP contribution in [0.25, 0.3) is 0 Å². The molecule has 0 bridgehead atoms. The molecule has 110 valence electrons. The monoisotopic (exact) mass is 280 g/mol. The van der Waals surface area contributed by atoms with Gasteiger partial charge in [0, 0.05) is 12.5 Å². The van der Waals surface area contributed by atoms with Crippen LogP contribution < -0.4 is 16.6 Å². The van der Waals surface area contributed by atoms with Crippen molar-refractivity contribution in [2.24, 2.45) is 5.92 Å². The van der Waals surface area contributed by atoms with Crippen molar-refractivity contribution in [2.75, 3.05) is 17.6 Å². The molecular formula is C13H20N4O3. The maximum absolute atomic E-state index is 12.0. The standard InChI is InChI=1S/C13H20N4O3/c1-6-9(20-13(2,3)19-6)7-4-8-10(15-5-7)16-12(14)17-11(8)18/h6-7,9H,4-5H2,1-3H3,(H4,14,15,16,17,18)/t6-,7+,9-/m0/s1. The van der Waals surface area contributed by atoms with Crippen LogP contribution in [-0.2, 0) is 15.9 Å². The Kier molecular flexibility index (Phi) is 2.98. The van der Waals surface area contributed by atoms with Gasteiger partial charge < -0.3 is 20.5 Å². The van der Waals surface area contributed by atoms with Gasteiger partial charge in [-0.25, -0.2) is 0 Å². The average molecular weight is 280 g/mol. The van der Waals surface area contributed by atoms with E-state index in [9.17, 15) is 4.79 Å². The Morgan fingerprint density at radius 2 is 2.15 bits per heavy atom. The lowest BCUT2D eigenvalue weighted by Crippen LogP contribution is -2.40. The summed E-state index contributed by atoms with van der Waals surface area (Å²) in [5.74, 6) is 0.310. The first-order chi connectivity index (χ1) is 9.35. The number of hydrogen-bond acceptors (Lipinski definition) is 6. The molecule has 1 aromatic heterocycles. The predicted molar refractivity (Wildman–Crippen MR) is 74.5 cm³/mol. The van der Waals surface area contributed by atoms with Gasteiger partial charge in [0.25, 0.3) is 5.56 Å². The van der Waals surface area contributed by atoms with E-state index in [2.05, 4.69) is 15.3 Å². The topological polar surface area (TPSA) is 102 Å². The summed E-state index contributed by atoms with van der Waals surface area (Å²) in [4.78, 5) is 18.6. The van der Waals surface area contributed by atoms with Crippen molar-refractivity contribution >= 4 is 11.8 Å². The third-order valence-corrected chi connectivity index (χ3v) is 3.85. The van der Waals surface area contributed by atoms with Gasteiger partial charge in [-0.2, -0.15) is 4.98 Å². The highest BCUT2D eigenvalue weighted by molar-refractivity contribution is 5.48. The smallest absolute Gasteiger partial charge is 0.257 e. The fourth-order valence-electron chi connectivity index (χ4n) is 3.09. The first kappa shape index (κ1) is 13.4. The summed E-state index contributed by atoms with van der Waals surface area (Å²) < 4.78 is 11.7. The normalized spacial score (nSPS) is 31.6. The van der Waals surface area contributed by atoms with Gasteiger partial charge in [0.15, 0.2) is 5.79 Å². The van der Waals surface area contributed by atoms with Crippen LogP contribution >= 0.6 is 0 Å². The van der Waals surface area contributed by atoms with Crippen molar-refractivity contribution in [2.45, 2.75) is 45.2 Å². The zero-order valence-electron chi connectivity index (χ0n) is 11.9. The average Bonchev–Trinajstić information content (AvgIpc) is 2.62. The SMILES string of the molecule is C[C@@H]1OC(C)(C)O[C@@H]1[C@H]1CNc2nc(N)[nH]c(=O)c2C1. The highest BCUT2D eigenvalue weighted by atomic mass is 16.7. The lowest BCUT2D eigenvalue weighted by atomic mass is 9.89. The van der Waals surface area contributed by atoms with Crippen molar-refractivity contribution in [3.8, 4) is 0 Å². The van der Waals surface area contributed by atoms with Crippen molar-refractivity contribution in [1.82, 2.24) is 9.97 Å². The molecular weight excluding hydrogens is 260 g/mol. The zero-order chi connectivity index (χ0) is 14.5. The van der Waals surface area contributed by atoms with Crippen molar-refractivity contribution in [3.05, 3.63) is 15.9 Å². The van der Waals surface area contributed by atoms with Gasteiger partial charge in [0.1, 0.15) is 5.82 Å². The molecule has 4 N–H and O–H groups in total. The van der Waals surface area contributed by atoms with Gasteiger partial charge in [0.2, 0.25) is 5.95 Å². The number of aromatic amines is 1. The Labute approximate surface area is 116 Å². The Morgan fingerprint density at radius 3 is 2.80 bits per heavy atom. The molecule has 0 spiro atoms. The largest absolute Gasteiger partial charge is 0.369 e. The van der Waals surface area contributed by atoms with Crippen molar-refractivity contribution in [3.63, 3.8) is 0 Å². The van der Waals surface area contributed by atoms with Crippen LogP contribution in [0.2, 0.25) is 0 Å². The fraction of sp³-hybridized carbons (Fsp3) is 0.692. The number of nitrogen functional groups attached to an aromatic ring is 1. The van der Waals surface area contributed by atoms with Crippen LogP contribution in [0.4, 0.5) is 11.8 Å². The van der Waals surface area contributed by atoms with E-state index in [1.54, 1.807) is 0 Å². The summed E-state index contributed by atoms with van der Waals surface area (Å²) in [5.41, 5.74) is 6.00. The maximum Gasteiger partial charge on any atom is 0.257 e. The van der Waals surface area contributed by atoms with Gasteiger partial charge >= 0.3 is 0 Å². The third kappa shape index (κ3) is 2.27. The minimum atomic E-state index is -0.573. The molecule has 7 nitrogen and oxygen atoms in total. The molecule has 0 aliphatic carbocycles. The van der Waals surface area contributed by atoms with E-state index in [0.29, 0.717) is 24.3 Å². The molecule has 1 fully saturated rings. The highest BCUT2D eigenvalue weighted by Crippen LogP contribution is 2.35. The molecule has 0 saturated carbocycles. The van der Waals surface area contributed by atoms with Gasteiger partial charge in [0.05, 0.1) is 17.8 Å². The summed E-state index contributed by atoms with van der Waals surface area (Å²) in [7, 11) is 0. The van der Waals surface area contributed by atoms with E-state index >= 15 is 0 Å². The second-order valence-corrected chi connectivity index (χ2v) is 5.93. The van der Waals surface area contributed by atoms with E-state index in [4.69, 9.17) is 15.2 Å². The van der Waals surface area contributed by atoms with Crippen LogP contribution in [0.1, 0.15) is 26.3 Å². The molecule has 20 heavy (non-hydrogen) atoms. The molecule has 3 rings (SSSR count). The number of rotatable bonds is 1. The van der Waals surface area contributed by atoms with E-state index in [-0.39, 0.29) is 29.6 Å². The number of nitrogens with one attached hydrogen (secondary N) is 2. The maximum atomic E-state index is 12.0. The van der Waals surface area contributed by atoms with E-state index in [1.807, 2.05) is 20.8 Å². The van der Waals surface area contributed by atoms with Crippen molar-refractivity contribution in [1.29, 1.82) is 0 Å². The third-order valence-electron chi connectivity index (χ3n) is 3.85. The minimum Gasteiger partial charge on any atom is -0.369 e. The molecule has 1 aromatic rings. The van der Waals surface area contributed by atoms with E-state index in [0.717, 1.165) is 0 Å². The summed E-state index contributed by atoms with van der Waals surface area (Å²) >= 11 is 0. The minimum absolute atomic E-state index is 0.000766. The molecule has 0 amide bonds. The first-order valence-corrected chi connectivity index (χ1v) is 6.84. The van der Waals surface area contributed by atoms with Gasteiger partial charge in [-0.3, -0.25) is 9.78 Å². The van der Waals surface area contributed by atoms with Gasteiger partial charge in [-0.05, 0) is 27.2 Å². The Bertz CT molecular complexity index is 583. The number of H-pyrrole nitrogens is 1.